The van der Waals surface area contributed by atoms with E-state index >= 15 is 0 Å². The van der Waals surface area contributed by atoms with Crippen LogP contribution in [0.5, 0.6) is 0 Å². The monoisotopic (exact) mass is 337 g/mol. The molecule has 0 saturated carbocycles. The van der Waals surface area contributed by atoms with Crippen LogP contribution in [-0.2, 0) is 20.7 Å². The lowest BCUT2D eigenvalue weighted by Gasteiger charge is -2.39. The molecule has 8 nitrogen and oxygen atoms in total. The number of aromatic amines is 1. The van der Waals surface area contributed by atoms with Crippen molar-refractivity contribution in [1.29, 1.82) is 0 Å². The van der Waals surface area contributed by atoms with Crippen molar-refractivity contribution >= 4 is 16.9 Å². The predicted molar refractivity (Wildman–Crippen MR) is 81.9 cm³/mol. The number of hydrogen-bond donors (Lipinski definition) is 5. The highest BCUT2D eigenvalue weighted by Crippen LogP contribution is 2.23. The van der Waals surface area contributed by atoms with E-state index in [1.165, 1.54) is 0 Å². The van der Waals surface area contributed by atoms with E-state index in [-0.39, 0.29) is 6.42 Å². The molecule has 1 aromatic heterocycles. The standard InChI is InChI=1S/C16H19NO7/c18-7-11-13(20)14(21)15(22)16(23-11)24-12(19)5-8-6-17-10-4-2-1-3-9(8)10/h1-4,6,11,13-18,20-22H,5,7H2/t11-,13-,14+,15+,16-/m1/s1. The van der Waals surface area contributed by atoms with Crippen molar-refractivity contribution in [2.75, 3.05) is 6.61 Å². The van der Waals surface area contributed by atoms with Crippen LogP contribution in [0.2, 0.25) is 0 Å². The van der Waals surface area contributed by atoms with E-state index in [1.54, 1.807) is 6.20 Å². The van der Waals surface area contributed by atoms with Gasteiger partial charge in [-0.1, -0.05) is 18.2 Å². The van der Waals surface area contributed by atoms with E-state index in [0.717, 1.165) is 16.5 Å². The largest absolute Gasteiger partial charge is 0.432 e. The Balaban J connectivity index is 1.68. The summed E-state index contributed by atoms with van der Waals surface area (Å²) in [5.74, 6) is -0.663. The van der Waals surface area contributed by atoms with Crippen molar-refractivity contribution in [3.05, 3.63) is 36.0 Å². The van der Waals surface area contributed by atoms with E-state index in [9.17, 15) is 20.1 Å². The zero-order valence-electron chi connectivity index (χ0n) is 12.7. The van der Waals surface area contributed by atoms with Gasteiger partial charge in [-0.3, -0.25) is 4.79 Å². The van der Waals surface area contributed by atoms with Crippen LogP contribution in [0.25, 0.3) is 10.9 Å². The van der Waals surface area contributed by atoms with Gasteiger partial charge in [0.2, 0.25) is 6.29 Å². The topological polar surface area (TPSA) is 132 Å². The van der Waals surface area contributed by atoms with Crippen LogP contribution < -0.4 is 0 Å². The molecule has 2 aromatic rings. The van der Waals surface area contributed by atoms with Gasteiger partial charge in [0, 0.05) is 17.1 Å². The lowest BCUT2D eigenvalue weighted by Crippen LogP contribution is -2.59. The summed E-state index contributed by atoms with van der Waals surface area (Å²) in [6.07, 6.45) is -5.62. The molecule has 0 unspecified atom stereocenters. The van der Waals surface area contributed by atoms with Crippen LogP contribution >= 0.6 is 0 Å². The number of aliphatic hydroxyl groups is 4. The Morgan fingerprint density at radius 2 is 1.92 bits per heavy atom. The van der Waals surface area contributed by atoms with Gasteiger partial charge in [-0.25, -0.2) is 0 Å². The molecule has 8 heteroatoms. The number of ether oxygens (including phenoxy) is 2. The number of carbonyl (C=O) groups excluding carboxylic acids is 1. The van der Waals surface area contributed by atoms with Crippen molar-refractivity contribution in [3.8, 4) is 0 Å². The summed E-state index contributed by atoms with van der Waals surface area (Å²) in [4.78, 5) is 15.2. The van der Waals surface area contributed by atoms with Gasteiger partial charge in [-0.2, -0.15) is 0 Å². The van der Waals surface area contributed by atoms with Crippen LogP contribution in [0.15, 0.2) is 30.5 Å². The number of rotatable bonds is 4. The number of carbonyl (C=O) groups is 1. The van der Waals surface area contributed by atoms with Crippen LogP contribution in [0.3, 0.4) is 0 Å². The summed E-state index contributed by atoms with van der Waals surface area (Å²) in [5, 5.41) is 39.3. The molecule has 0 spiro atoms. The van der Waals surface area contributed by atoms with Crippen LogP contribution in [-0.4, -0.2) is 68.7 Å². The average molecular weight is 337 g/mol. The zero-order valence-corrected chi connectivity index (χ0v) is 12.7. The molecule has 2 heterocycles. The molecule has 5 atom stereocenters. The van der Waals surface area contributed by atoms with Crippen molar-refractivity contribution in [2.24, 2.45) is 0 Å². The van der Waals surface area contributed by atoms with E-state index in [0.29, 0.717) is 0 Å². The minimum atomic E-state index is -1.60. The van der Waals surface area contributed by atoms with Gasteiger partial charge < -0.3 is 34.9 Å². The minimum absolute atomic E-state index is 0.0565. The second kappa shape index (κ2) is 6.88. The Morgan fingerprint density at radius 1 is 1.17 bits per heavy atom. The Kier molecular flexibility index (Phi) is 4.83. The lowest BCUT2D eigenvalue weighted by molar-refractivity contribution is -0.292. The number of aliphatic hydroxyl groups excluding tert-OH is 4. The Morgan fingerprint density at radius 3 is 2.67 bits per heavy atom. The van der Waals surface area contributed by atoms with Gasteiger partial charge in [0.05, 0.1) is 13.0 Å². The van der Waals surface area contributed by atoms with Crippen molar-refractivity contribution in [1.82, 2.24) is 4.98 Å². The van der Waals surface area contributed by atoms with E-state index in [4.69, 9.17) is 14.6 Å². The van der Waals surface area contributed by atoms with Gasteiger partial charge in [-0.05, 0) is 11.6 Å². The van der Waals surface area contributed by atoms with Crippen molar-refractivity contribution < 1.29 is 34.7 Å². The first kappa shape index (κ1) is 16.9. The van der Waals surface area contributed by atoms with Crippen LogP contribution in [0.1, 0.15) is 5.56 Å². The summed E-state index contributed by atoms with van der Waals surface area (Å²) in [5.41, 5.74) is 1.60. The third kappa shape index (κ3) is 3.14. The fourth-order valence-electron chi connectivity index (χ4n) is 2.77. The molecule has 0 bridgehead atoms. The fourth-order valence-corrected chi connectivity index (χ4v) is 2.77. The minimum Gasteiger partial charge on any atom is -0.432 e. The Labute approximate surface area is 137 Å². The fraction of sp³-hybridized carbons (Fsp3) is 0.438. The molecule has 1 saturated heterocycles. The number of fused-ring (bicyclic) bond motifs is 1. The van der Waals surface area contributed by atoms with Crippen LogP contribution in [0.4, 0.5) is 0 Å². The molecule has 0 radical (unpaired) electrons. The zero-order chi connectivity index (χ0) is 17.3. The smallest absolute Gasteiger partial charge is 0.312 e. The first-order valence-electron chi connectivity index (χ1n) is 7.56. The third-order valence-electron chi connectivity index (χ3n) is 4.11. The molecule has 1 aliphatic heterocycles. The Bertz CT molecular complexity index is 713. The number of H-pyrrole nitrogens is 1. The maximum Gasteiger partial charge on any atom is 0.312 e. The molecule has 3 rings (SSSR count). The SMILES string of the molecule is O=C(Cc1c[nH]c2ccccc12)O[C@H]1O[C@H](CO)[C@@H](O)[C@H](O)[C@@H]1O. The first-order valence-corrected chi connectivity index (χ1v) is 7.56. The summed E-state index contributed by atoms with van der Waals surface area (Å²) < 4.78 is 10.2. The molecule has 5 N–H and O–H groups in total. The van der Waals surface area contributed by atoms with Gasteiger partial charge in [0.1, 0.15) is 24.4 Å². The molecule has 0 aliphatic carbocycles. The summed E-state index contributed by atoms with van der Waals surface area (Å²) in [6, 6.07) is 7.46. The molecular weight excluding hydrogens is 318 g/mol. The molecule has 1 fully saturated rings. The van der Waals surface area contributed by atoms with Gasteiger partial charge in [0.25, 0.3) is 0 Å². The lowest BCUT2D eigenvalue weighted by atomic mass is 9.99. The Hall–Kier alpha value is -1.97. The van der Waals surface area contributed by atoms with E-state index in [2.05, 4.69) is 4.98 Å². The number of para-hydroxylation sites is 1. The van der Waals surface area contributed by atoms with E-state index < -0.39 is 43.3 Å². The molecular formula is C16H19NO7. The summed E-state index contributed by atoms with van der Waals surface area (Å²) in [7, 11) is 0. The van der Waals surface area contributed by atoms with Gasteiger partial charge in [0.15, 0.2) is 0 Å². The van der Waals surface area contributed by atoms with Gasteiger partial charge >= 0.3 is 5.97 Å². The van der Waals surface area contributed by atoms with Crippen molar-refractivity contribution in [3.63, 3.8) is 0 Å². The maximum absolute atomic E-state index is 12.1. The summed E-state index contributed by atoms with van der Waals surface area (Å²) in [6.45, 7) is -0.582. The molecule has 1 aromatic carbocycles. The summed E-state index contributed by atoms with van der Waals surface area (Å²) >= 11 is 0. The highest BCUT2D eigenvalue weighted by molar-refractivity contribution is 5.87. The number of aromatic nitrogens is 1. The molecule has 130 valence electrons. The van der Waals surface area contributed by atoms with Crippen LogP contribution in [0, 0.1) is 0 Å². The first-order chi connectivity index (χ1) is 11.5. The highest BCUT2D eigenvalue weighted by atomic mass is 16.7. The predicted octanol–water partition coefficient (Wildman–Crippen LogP) is -0.947. The number of nitrogens with one attached hydrogen (secondary N) is 1. The number of hydrogen-bond acceptors (Lipinski definition) is 7. The van der Waals surface area contributed by atoms with E-state index in [1.807, 2.05) is 24.3 Å². The number of benzene rings is 1. The second-order valence-electron chi connectivity index (χ2n) is 5.72. The third-order valence-corrected chi connectivity index (χ3v) is 4.11. The molecule has 0 amide bonds. The van der Waals surface area contributed by atoms with Crippen molar-refractivity contribution in [2.45, 2.75) is 37.1 Å². The normalized spacial score (nSPS) is 30.4. The maximum atomic E-state index is 12.1. The average Bonchev–Trinajstić information content (AvgIpc) is 2.98. The molecule has 1 aliphatic rings. The number of esters is 1. The van der Waals surface area contributed by atoms with Gasteiger partial charge in [-0.15, -0.1) is 0 Å². The molecule has 24 heavy (non-hydrogen) atoms. The quantitative estimate of drug-likeness (QED) is 0.455. The highest BCUT2D eigenvalue weighted by Gasteiger charge is 2.45. The second-order valence-corrected chi connectivity index (χ2v) is 5.72.